The number of pyridine rings is 1. The second-order valence-electron chi connectivity index (χ2n) is 11.4. The molecule has 3 amide bonds. The molecule has 3 aromatic rings. The van der Waals surface area contributed by atoms with Crippen molar-refractivity contribution in [2.75, 3.05) is 38.8 Å². The average Bonchev–Trinajstić information content (AvgIpc) is 3.30. The largest absolute Gasteiger partial charge is 0.493 e. The SMILES string of the molecule is COc1ccc2c(c1OC)C(=O)N1c3ccccc3C(=O)N(CCCC(=O)N3C[C@H]4C[C@@H](C3)c3cccc(=O)n3C4)[C@@H]21. The molecule has 0 unspecified atom stereocenters. The molecule has 10 nitrogen and oxygen atoms in total. The van der Waals surface area contributed by atoms with Crippen molar-refractivity contribution in [3.63, 3.8) is 0 Å². The van der Waals surface area contributed by atoms with E-state index in [-0.39, 0.29) is 41.5 Å². The van der Waals surface area contributed by atoms with Crippen LogP contribution in [-0.2, 0) is 11.3 Å². The topological polar surface area (TPSA) is 101 Å². The molecule has 2 bridgehead atoms. The lowest BCUT2D eigenvalue weighted by molar-refractivity contribution is -0.134. The van der Waals surface area contributed by atoms with E-state index >= 15 is 0 Å². The lowest BCUT2D eigenvalue weighted by Gasteiger charge is -2.43. The van der Waals surface area contributed by atoms with Crippen LogP contribution in [0.5, 0.6) is 11.5 Å². The van der Waals surface area contributed by atoms with Gasteiger partial charge in [-0.1, -0.05) is 24.3 Å². The van der Waals surface area contributed by atoms with E-state index in [0.717, 1.165) is 12.1 Å². The lowest BCUT2D eigenvalue weighted by Crippen LogP contribution is -2.50. The van der Waals surface area contributed by atoms with Crippen molar-refractivity contribution in [2.45, 2.75) is 37.9 Å². The number of methoxy groups -OCH3 is 2. The Balaban J connectivity index is 1.12. The number of para-hydroxylation sites is 1. The highest BCUT2D eigenvalue weighted by molar-refractivity contribution is 6.18. The molecule has 1 saturated heterocycles. The van der Waals surface area contributed by atoms with Crippen molar-refractivity contribution >= 4 is 23.4 Å². The first-order valence-electron chi connectivity index (χ1n) is 14.4. The van der Waals surface area contributed by atoms with Crippen molar-refractivity contribution in [3.8, 4) is 11.5 Å². The summed E-state index contributed by atoms with van der Waals surface area (Å²) in [4.78, 5) is 58.7. The fourth-order valence-electron chi connectivity index (χ4n) is 7.31. The second kappa shape index (κ2) is 10.0. The maximum absolute atomic E-state index is 13.9. The Kier molecular flexibility index (Phi) is 6.29. The minimum Gasteiger partial charge on any atom is -0.493 e. The Morgan fingerprint density at radius 1 is 0.905 bits per heavy atom. The predicted octanol–water partition coefficient (Wildman–Crippen LogP) is 3.41. The zero-order valence-electron chi connectivity index (χ0n) is 23.6. The van der Waals surface area contributed by atoms with Crippen molar-refractivity contribution in [1.82, 2.24) is 14.4 Å². The molecule has 216 valence electrons. The number of hydrogen-bond donors (Lipinski definition) is 0. The molecule has 4 aliphatic rings. The number of anilines is 1. The summed E-state index contributed by atoms with van der Waals surface area (Å²) in [6.45, 7) is 2.16. The Hall–Kier alpha value is -4.60. The van der Waals surface area contributed by atoms with E-state index in [1.165, 1.54) is 14.2 Å². The summed E-state index contributed by atoms with van der Waals surface area (Å²) in [5, 5.41) is 0. The van der Waals surface area contributed by atoms with Gasteiger partial charge in [-0.25, -0.2) is 0 Å². The van der Waals surface area contributed by atoms with Crippen molar-refractivity contribution in [3.05, 3.63) is 87.3 Å². The van der Waals surface area contributed by atoms with E-state index in [4.69, 9.17) is 9.47 Å². The van der Waals surface area contributed by atoms with Crippen LogP contribution in [0.1, 0.15) is 63.3 Å². The number of rotatable bonds is 6. The Morgan fingerprint density at radius 3 is 2.55 bits per heavy atom. The summed E-state index contributed by atoms with van der Waals surface area (Å²) in [5.41, 5.74) is 3.08. The van der Waals surface area contributed by atoms with Crippen LogP contribution in [0, 0.1) is 5.92 Å². The molecule has 4 aliphatic heterocycles. The van der Waals surface area contributed by atoms with Gasteiger partial charge in [-0.3, -0.25) is 24.1 Å². The van der Waals surface area contributed by atoms with E-state index in [2.05, 4.69) is 0 Å². The first-order chi connectivity index (χ1) is 20.4. The maximum atomic E-state index is 13.9. The van der Waals surface area contributed by atoms with E-state index in [0.29, 0.717) is 66.5 Å². The van der Waals surface area contributed by atoms with E-state index in [9.17, 15) is 19.2 Å². The Bertz CT molecular complexity index is 1680. The van der Waals surface area contributed by atoms with Crippen LogP contribution in [-0.4, -0.2) is 65.9 Å². The third-order valence-electron chi connectivity index (χ3n) is 9.11. The van der Waals surface area contributed by atoms with Crippen LogP contribution in [0.25, 0.3) is 0 Å². The van der Waals surface area contributed by atoms with E-state index in [1.54, 1.807) is 46.2 Å². The van der Waals surface area contributed by atoms with Crippen LogP contribution >= 0.6 is 0 Å². The molecule has 3 atom stereocenters. The van der Waals surface area contributed by atoms with Crippen LogP contribution in [0.4, 0.5) is 5.69 Å². The molecule has 1 fully saturated rings. The van der Waals surface area contributed by atoms with Gasteiger partial charge in [-0.2, -0.15) is 0 Å². The summed E-state index contributed by atoms with van der Waals surface area (Å²) >= 11 is 0. The maximum Gasteiger partial charge on any atom is 0.264 e. The number of likely N-dealkylation sites (tertiary alicyclic amines) is 1. The number of carbonyl (C=O) groups excluding carboxylic acids is 3. The molecule has 0 saturated carbocycles. The molecule has 0 radical (unpaired) electrons. The van der Waals surface area contributed by atoms with Gasteiger partial charge in [-0.05, 0) is 43.0 Å². The zero-order chi connectivity index (χ0) is 29.1. The minimum atomic E-state index is -0.644. The average molecular weight is 569 g/mol. The number of carbonyl (C=O) groups is 3. The first-order valence-corrected chi connectivity index (χ1v) is 14.4. The molecule has 2 aromatic carbocycles. The van der Waals surface area contributed by atoms with Crippen molar-refractivity contribution in [2.24, 2.45) is 5.92 Å². The standard InChI is InChI=1S/C32H32N4O6/c1-41-25-13-12-22-28(29(25)42-2)32(40)36-24-8-4-3-7-21(24)31(39)34(30(22)36)14-6-11-26(37)33-16-19-15-20(18-33)23-9-5-10-27(38)35(23)17-19/h3-5,7-10,12-13,19-20,30H,6,11,14-18H2,1-2H3/t19-,20+,30-/m1/s1. The van der Waals surface area contributed by atoms with Gasteiger partial charge in [0.2, 0.25) is 5.91 Å². The fraction of sp³-hybridized carbons (Fsp3) is 0.375. The van der Waals surface area contributed by atoms with Crippen LogP contribution < -0.4 is 19.9 Å². The summed E-state index contributed by atoms with van der Waals surface area (Å²) < 4.78 is 12.9. The van der Waals surface area contributed by atoms with Gasteiger partial charge in [0.15, 0.2) is 11.5 Å². The van der Waals surface area contributed by atoms with Gasteiger partial charge in [0, 0.05) is 55.8 Å². The smallest absolute Gasteiger partial charge is 0.264 e. The number of aromatic nitrogens is 1. The van der Waals surface area contributed by atoms with Crippen LogP contribution in [0.15, 0.2) is 59.4 Å². The number of nitrogens with zero attached hydrogens (tertiary/aromatic N) is 4. The summed E-state index contributed by atoms with van der Waals surface area (Å²) in [5.74, 6) is 0.802. The van der Waals surface area contributed by atoms with Gasteiger partial charge in [0.1, 0.15) is 6.17 Å². The molecule has 1 aromatic heterocycles. The summed E-state index contributed by atoms with van der Waals surface area (Å²) in [6.07, 6.45) is 1.07. The molecular weight excluding hydrogens is 536 g/mol. The number of piperidine rings is 1. The molecule has 5 heterocycles. The predicted molar refractivity (Wildman–Crippen MR) is 154 cm³/mol. The van der Waals surface area contributed by atoms with Gasteiger partial charge >= 0.3 is 0 Å². The molecule has 0 aliphatic carbocycles. The quantitative estimate of drug-likeness (QED) is 0.452. The lowest BCUT2D eigenvalue weighted by atomic mass is 9.83. The Labute approximate surface area is 243 Å². The van der Waals surface area contributed by atoms with Gasteiger partial charge in [-0.15, -0.1) is 0 Å². The van der Waals surface area contributed by atoms with Crippen molar-refractivity contribution < 1.29 is 23.9 Å². The Morgan fingerprint density at radius 2 is 1.74 bits per heavy atom. The monoisotopic (exact) mass is 568 g/mol. The van der Waals surface area contributed by atoms with E-state index < -0.39 is 6.17 Å². The van der Waals surface area contributed by atoms with Gasteiger partial charge in [0.25, 0.3) is 17.4 Å². The first kappa shape index (κ1) is 26.3. The highest BCUT2D eigenvalue weighted by Gasteiger charge is 2.49. The van der Waals surface area contributed by atoms with Crippen LogP contribution in [0.3, 0.4) is 0 Å². The highest BCUT2D eigenvalue weighted by Crippen LogP contribution is 2.49. The zero-order valence-corrected chi connectivity index (χ0v) is 23.6. The number of ether oxygens (including phenoxy) is 2. The van der Waals surface area contributed by atoms with E-state index in [1.807, 2.05) is 27.7 Å². The molecule has 10 heteroatoms. The third-order valence-corrected chi connectivity index (χ3v) is 9.11. The highest BCUT2D eigenvalue weighted by atomic mass is 16.5. The normalized spacial score (nSPS) is 21.9. The van der Waals surface area contributed by atoms with Gasteiger partial charge < -0.3 is 23.8 Å². The number of benzene rings is 2. The number of amides is 3. The molecular formula is C32H32N4O6. The fourth-order valence-corrected chi connectivity index (χ4v) is 7.31. The second-order valence-corrected chi connectivity index (χ2v) is 11.4. The van der Waals surface area contributed by atoms with Crippen LogP contribution in [0.2, 0.25) is 0 Å². The number of hydrogen-bond acceptors (Lipinski definition) is 6. The molecule has 7 rings (SSSR count). The number of fused-ring (bicyclic) bond motifs is 9. The van der Waals surface area contributed by atoms with Gasteiger partial charge in [0.05, 0.1) is 31.0 Å². The summed E-state index contributed by atoms with van der Waals surface area (Å²) in [6, 6.07) is 16.1. The third kappa shape index (κ3) is 3.92. The molecule has 0 N–H and O–H groups in total. The summed E-state index contributed by atoms with van der Waals surface area (Å²) in [7, 11) is 3.02. The molecule has 42 heavy (non-hydrogen) atoms. The van der Waals surface area contributed by atoms with Crippen molar-refractivity contribution in [1.29, 1.82) is 0 Å². The molecule has 0 spiro atoms. The minimum absolute atomic E-state index is 0.0202.